The van der Waals surface area contributed by atoms with Crippen LogP contribution in [0.2, 0.25) is 0 Å². The third-order valence-corrected chi connectivity index (χ3v) is 7.64. The van der Waals surface area contributed by atoms with Gasteiger partial charge in [-0.2, -0.15) is 0 Å². The van der Waals surface area contributed by atoms with Crippen LogP contribution >= 0.6 is 11.3 Å². The number of benzene rings is 1. The van der Waals surface area contributed by atoms with Crippen molar-refractivity contribution < 1.29 is 13.2 Å². The molecule has 2 aromatic heterocycles. The molecular weight excluding hydrogens is 436 g/mol. The molecule has 0 unspecified atom stereocenters. The van der Waals surface area contributed by atoms with Crippen molar-refractivity contribution in [1.29, 1.82) is 0 Å². The summed E-state index contributed by atoms with van der Waals surface area (Å²) < 4.78 is 28.1. The minimum Gasteiger partial charge on any atom is -0.321 e. The quantitative estimate of drug-likeness (QED) is 0.529. The van der Waals surface area contributed by atoms with E-state index in [1.807, 2.05) is 0 Å². The van der Waals surface area contributed by atoms with Gasteiger partial charge in [0, 0.05) is 25.2 Å². The number of carbonyl (C=O) groups excluding carboxylic acids is 1. The highest BCUT2D eigenvalue weighted by Gasteiger charge is 2.23. The fourth-order valence-electron chi connectivity index (χ4n) is 3.62. The molecule has 1 aliphatic heterocycles. The zero-order valence-corrected chi connectivity index (χ0v) is 18.6. The first-order valence-corrected chi connectivity index (χ1v) is 12.3. The number of aryl methyl sites for hydroxylation is 2. The highest BCUT2D eigenvalue weighted by atomic mass is 32.2. The molecule has 0 aliphatic carbocycles. The minimum absolute atomic E-state index is 0.0825. The molecule has 3 heterocycles. The summed E-state index contributed by atoms with van der Waals surface area (Å²) in [7, 11) is -3.45. The Morgan fingerprint density at radius 3 is 2.77 bits per heavy atom. The average Bonchev–Trinajstić information content (AvgIpc) is 3.33. The van der Waals surface area contributed by atoms with Gasteiger partial charge in [-0.3, -0.25) is 14.2 Å². The monoisotopic (exact) mass is 458 g/mol. The molecule has 8 nitrogen and oxygen atoms in total. The molecular formula is C21H22N4O4S2. The standard InChI is InChI=1S/C21H22N4O4S2/c1-3-10-22-31(28,29)12-14-6-8-15(9-7-14)23-19(26)18-13(2)17-20(30-18)24-16-5-4-11-25(16)21(17)27/h3,6-9,22H,1,4-5,10-12H2,2H3,(H,23,26). The summed E-state index contributed by atoms with van der Waals surface area (Å²) in [4.78, 5) is 31.3. The van der Waals surface area contributed by atoms with Gasteiger partial charge in [0.05, 0.1) is 16.0 Å². The van der Waals surface area contributed by atoms with E-state index < -0.39 is 10.0 Å². The predicted octanol–water partition coefficient (Wildman–Crippen LogP) is 2.57. The van der Waals surface area contributed by atoms with Crippen LogP contribution in [0.15, 0.2) is 41.7 Å². The van der Waals surface area contributed by atoms with Crippen LogP contribution in [0.4, 0.5) is 5.69 Å². The third kappa shape index (κ3) is 4.32. The van der Waals surface area contributed by atoms with Crippen LogP contribution in [0.25, 0.3) is 10.2 Å². The van der Waals surface area contributed by atoms with Gasteiger partial charge in [0.2, 0.25) is 10.0 Å². The molecule has 31 heavy (non-hydrogen) atoms. The maximum atomic E-state index is 12.8. The number of aromatic nitrogens is 2. The fraction of sp³-hybridized carbons (Fsp3) is 0.286. The van der Waals surface area contributed by atoms with Crippen molar-refractivity contribution in [2.24, 2.45) is 0 Å². The number of hydrogen-bond donors (Lipinski definition) is 2. The molecule has 0 radical (unpaired) electrons. The van der Waals surface area contributed by atoms with E-state index in [1.54, 1.807) is 35.8 Å². The van der Waals surface area contributed by atoms with Gasteiger partial charge in [0.25, 0.3) is 11.5 Å². The molecule has 0 atom stereocenters. The smallest absolute Gasteiger partial charge is 0.266 e. The normalized spacial score (nSPS) is 13.3. The number of nitrogens with one attached hydrogen (secondary N) is 2. The Morgan fingerprint density at radius 1 is 1.32 bits per heavy atom. The van der Waals surface area contributed by atoms with E-state index in [9.17, 15) is 18.0 Å². The van der Waals surface area contributed by atoms with Crippen LogP contribution in [0, 0.1) is 6.92 Å². The van der Waals surface area contributed by atoms with Crippen molar-refractivity contribution in [3.05, 3.63) is 69.1 Å². The van der Waals surface area contributed by atoms with Crippen molar-refractivity contribution in [2.75, 3.05) is 11.9 Å². The zero-order valence-electron chi connectivity index (χ0n) is 17.0. The SMILES string of the molecule is C=CCNS(=O)(=O)Cc1ccc(NC(=O)c2sc3nc4n(c(=O)c3c2C)CCC4)cc1. The van der Waals surface area contributed by atoms with Crippen LogP contribution in [-0.4, -0.2) is 30.4 Å². The lowest BCUT2D eigenvalue weighted by molar-refractivity contribution is 0.103. The number of fused-ring (bicyclic) bond motifs is 2. The second-order valence-corrected chi connectivity index (χ2v) is 10.2. The number of carbonyl (C=O) groups is 1. The van der Waals surface area contributed by atoms with E-state index in [4.69, 9.17) is 0 Å². The molecule has 1 amide bonds. The number of amides is 1. The summed E-state index contributed by atoms with van der Waals surface area (Å²) in [5, 5.41) is 3.33. The molecule has 10 heteroatoms. The summed E-state index contributed by atoms with van der Waals surface area (Å²) in [6.45, 7) is 6.09. The van der Waals surface area contributed by atoms with Crippen LogP contribution in [0.5, 0.6) is 0 Å². The number of anilines is 1. The van der Waals surface area contributed by atoms with E-state index in [-0.39, 0.29) is 23.8 Å². The molecule has 2 N–H and O–H groups in total. The topological polar surface area (TPSA) is 110 Å². The number of thiophene rings is 1. The minimum atomic E-state index is -3.45. The van der Waals surface area contributed by atoms with E-state index >= 15 is 0 Å². The van der Waals surface area contributed by atoms with Crippen molar-refractivity contribution in [1.82, 2.24) is 14.3 Å². The van der Waals surface area contributed by atoms with Gasteiger partial charge in [0.15, 0.2) is 0 Å². The van der Waals surface area contributed by atoms with Crippen LogP contribution in [0.3, 0.4) is 0 Å². The number of sulfonamides is 1. The van der Waals surface area contributed by atoms with Gasteiger partial charge in [-0.1, -0.05) is 18.2 Å². The number of rotatable bonds is 7. The predicted molar refractivity (Wildman–Crippen MR) is 122 cm³/mol. The largest absolute Gasteiger partial charge is 0.321 e. The van der Waals surface area contributed by atoms with Crippen LogP contribution in [-0.2, 0) is 28.7 Å². The Hall–Kier alpha value is -2.82. The number of nitrogens with zero attached hydrogens (tertiary/aromatic N) is 2. The van der Waals surface area contributed by atoms with Crippen molar-refractivity contribution in [3.8, 4) is 0 Å². The zero-order chi connectivity index (χ0) is 22.2. The molecule has 1 aromatic carbocycles. The van der Waals surface area contributed by atoms with Gasteiger partial charge in [-0.25, -0.2) is 18.1 Å². The molecule has 0 spiro atoms. The lowest BCUT2D eigenvalue weighted by Crippen LogP contribution is -2.25. The molecule has 0 saturated heterocycles. The summed E-state index contributed by atoms with van der Waals surface area (Å²) in [5.74, 6) is 0.294. The number of hydrogen-bond acceptors (Lipinski definition) is 6. The van der Waals surface area contributed by atoms with Crippen molar-refractivity contribution >= 4 is 43.2 Å². The summed E-state index contributed by atoms with van der Waals surface area (Å²) >= 11 is 1.22. The molecule has 1 aliphatic rings. The first kappa shape index (κ1) is 21.4. The van der Waals surface area contributed by atoms with Crippen LogP contribution < -0.4 is 15.6 Å². The Kier molecular flexibility index (Phi) is 5.78. The van der Waals surface area contributed by atoms with Gasteiger partial charge < -0.3 is 5.32 Å². The highest BCUT2D eigenvalue weighted by molar-refractivity contribution is 7.88. The van der Waals surface area contributed by atoms with Gasteiger partial charge in [0.1, 0.15) is 10.7 Å². The van der Waals surface area contributed by atoms with Crippen LogP contribution in [0.1, 0.15) is 33.0 Å². The lowest BCUT2D eigenvalue weighted by Gasteiger charge is -2.07. The highest BCUT2D eigenvalue weighted by Crippen LogP contribution is 2.29. The summed E-state index contributed by atoms with van der Waals surface area (Å²) in [5.41, 5.74) is 1.68. The fourth-order valence-corrected chi connectivity index (χ4v) is 5.81. The average molecular weight is 459 g/mol. The molecule has 4 rings (SSSR count). The van der Waals surface area contributed by atoms with E-state index in [1.165, 1.54) is 17.4 Å². The van der Waals surface area contributed by atoms with Crippen molar-refractivity contribution in [2.45, 2.75) is 32.1 Å². The second kappa shape index (κ2) is 8.37. The van der Waals surface area contributed by atoms with Crippen molar-refractivity contribution in [3.63, 3.8) is 0 Å². The second-order valence-electron chi connectivity index (χ2n) is 7.37. The van der Waals surface area contributed by atoms with Gasteiger partial charge >= 0.3 is 0 Å². The Balaban J connectivity index is 1.53. The molecule has 0 saturated carbocycles. The Labute approximate surface area is 183 Å². The Bertz CT molecular complexity index is 1340. The molecule has 0 bridgehead atoms. The molecule has 162 valence electrons. The third-order valence-electron chi connectivity index (χ3n) is 5.13. The summed E-state index contributed by atoms with van der Waals surface area (Å²) in [6.07, 6.45) is 3.16. The first-order chi connectivity index (χ1) is 14.8. The first-order valence-electron chi connectivity index (χ1n) is 9.80. The summed E-state index contributed by atoms with van der Waals surface area (Å²) in [6, 6.07) is 6.61. The maximum Gasteiger partial charge on any atom is 0.266 e. The molecule has 0 fully saturated rings. The maximum absolute atomic E-state index is 12.8. The molecule has 3 aromatic rings. The van der Waals surface area contributed by atoms with E-state index in [0.29, 0.717) is 38.5 Å². The van der Waals surface area contributed by atoms with E-state index in [0.717, 1.165) is 18.7 Å². The van der Waals surface area contributed by atoms with Gasteiger partial charge in [-0.15, -0.1) is 17.9 Å². The van der Waals surface area contributed by atoms with E-state index in [2.05, 4.69) is 21.6 Å². The Morgan fingerprint density at radius 2 is 2.06 bits per heavy atom. The van der Waals surface area contributed by atoms with Gasteiger partial charge in [-0.05, 0) is 36.6 Å². The lowest BCUT2D eigenvalue weighted by atomic mass is 10.2.